The molecule has 2 aliphatic carbocycles. The van der Waals surface area contributed by atoms with Crippen molar-refractivity contribution in [2.24, 2.45) is 0 Å². The van der Waals surface area contributed by atoms with Crippen molar-refractivity contribution in [3.05, 3.63) is 155 Å². The lowest BCUT2D eigenvalue weighted by molar-refractivity contribution is 0.569. The van der Waals surface area contributed by atoms with E-state index in [0.717, 1.165) is 34.3 Å². The number of furan rings is 1. The van der Waals surface area contributed by atoms with Gasteiger partial charge >= 0.3 is 0 Å². The second kappa shape index (κ2) is 10.8. The van der Waals surface area contributed by atoms with Crippen LogP contribution >= 0.6 is 0 Å². The van der Waals surface area contributed by atoms with E-state index < -0.39 is 0 Å². The quantitative estimate of drug-likeness (QED) is 0.173. The number of rotatable bonds is 4. The minimum Gasteiger partial charge on any atom is -0.457 e. The molecule has 4 heteroatoms. The van der Waals surface area contributed by atoms with Crippen molar-refractivity contribution in [2.75, 3.05) is 9.80 Å². The van der Waals surface area contributed by atoms with Crippen molar-refractivity contribution >= 4 is 63.3 Å². The largest absolute Gasteiger partial charge is 0.457 e. The molecule has 0 spiro atoms. The summed E-state index contributed by atoms with van der Waals surface area (Å²) in [6.07, 6.45) is 6.79. The number of hydrogen-bond acceptors (Lipinski definition) is 3. The molecule has 6 aromatic rings. The summed E-state index contributed by atoms with van der Waals surface area (Å²) in [6.45, 7) is 16.0. The molecule has 4 aliphatic rings. The van der Waals surface area contributed by atoms with E-state index in [-0.39, 0.29) is 17.5 Å². The first-order valence-electron chi connectivity index (χ1n) is 18.7. The van der Waals surface area contributed by atoms with Crippen LogP contribution in [0.2, 0.25) is 0 Å². The van der Waals surface area contributed by atoms with E-state index in [2.05, 4.69) is 186 Å². The molecular formula is C48H43BN2O. The first kappa shape index (κ1) is 31.3. The molecule has 10 rings (SSSR count). The van der Waals surface area contributed by atoms with Crippen molar-refractivity contribution in [2.45, 2.75) is 65.2 Å². The van der Waals surface area contributed by atoms with E-state index in [0.29, 0.717) is 5.92 Å². The fourth-order valence-electron chi connectivity index (χ4n) is 8.81. The Morgan fingerprint density at radius 3 is 1.92 bits per heavy atom. The van der Waals surface area contributed by atoms with Crippen LogP contribution in [0.4, 0.5) is 34.1 Å². The Kier molecular flexibility index (Phi) is 6.48. The van der Waals surface area contributed by atoms with Gasteiger partial charge in [-0.05, 0) is 129 Å². The van der Waals surface area contributed by atoms with Gasteiger partial charge in [-0.2, -0.15) is 0 Å². The van der Waals surface area contributed by atoms with Crippen LogP contribution in [0.25, 0.3) is 17.4 Å². The Balaban J connectivity index is 1.21. The maximum Gasteiger partial charge on any atom is 0.253 e. The van der Waals surface area contributed by atoms with Gasteiger partial charge in [0.15, 0.2) is 0 Å². The van der Waals surface area contributed by atoms with Gasteiger partial charge in [0.05, 0.1) is 0 Å². The monoisotopic (exact) mass is 674 g/mol. The Bertz CT molecular complexity index is 2430. The number of aryl methyl sites for hydroxylation is 1. The third kappa shape index (κ3) is 4.66. The number of nitrogens with zero attached hydrogens (tertiary/aromatic N) is 2. The average Bonchev–Trinajstić information content (AvgIpc) is 3.72. The van der Waals surface area contributed by atoms with Crippen LogP contribution in [0.15, 0.2) is 131 Å². The van der Waals surface area contributed by atoms with Gasteiger partial charge in [-0.1, -0.05) is 96.2 Å². The molecule has 3 heterocycles. The van der Waals surface area contributed by atoms with Crippen molar-refractivity contribution in [1.29, 1.82) is 0 Å². The van der Waals surface area contributed by atoms with Crippen LogP contribution in [0, 0.1) is 6.92 Å². The zero-order valence-electron chi connectivity index (χ0n) is 31.1. The van der Waals surface area contributed by atoms with E-state index in [1.165, 1.54) is 61.2 Å². The number of fused-ring (bicyclic) bond motifs is 9. The predicted molar refractivity (Wildman–Crippen MR) is 220 cm³/mol. The minimum absolute atomic E-state index is 0.0677. The van der Waals surface area contributed by atoms with Crippen LogP contribution in [-0.2, 0) is 10.8 Å². The Morgan fingerprint density at radius 2 is 1.29 bits per heavy atom. The van der Waals surface area contributed by atoms with Gasteiger partial charge in [0.1, 0.15) is 11.5 Å². The number of hydrogen-bond donors (Lipinski definition) is 0. The summed E-state index contributed by atoms with van der Waals surface area (Å²) >= 11 is 0. The van der Waals surface area contributed by atoms with Crippen LogP contribution in [0.1, 0.15) is 75.5 Å². The smallest absolute Gasteiger partial charge is 0.253 e. The lowest BCUT2D eigenvalue weighted by Gasteiger charge is -2.37. The van der Waals surface area contributed by atoms with Gasteiger partial charge in [0, 0.05) is 51.2 Å². The SMILES string of the molecule is Cc1cc2c3c(c1)N(c1ccccc1)c1ccc(N(c4ccc(C(C)(C)C)cc4)c4ccc(C(C)(C)C)cc4)cc1B3c1c-2oc2c1[C@@H]1C=C1C=C2. The highest BCUT2D eigenvalue weighted by atomic mass is 16.3. The second-order valence-electron chi connectivity index (χ2n) is 17.1. The molecule has 254 valence electrons. The van der Waals surface area contributed by atoms with E-state index in [4.69, 9.17) is 4.42 Å². The van der Waals surface area contributed by atoms with Crippen molar-refractivity contribution in [3.63, 3.8) is 0 Å². The van der Waals surface area contributed by atoms with Gasteiger partial charge in [0.2, 0.25) is 0 Å². The fraction of sp³-hybridized carbons (Fsp3) is 0.208. The zero-order valence-corrected chi connectivity index (χ0v) is 31.1. The summed E-state index contributed by atoms with van der Waals surface area (Å²) < 4.78 is 6.84. The second-order valence-corrected chi connectivity index (χ2v) is 17.1. The summed E-state index contributed by atoms with van der Waals surface area (Å²) in [5, 5.41) is 0. The Labute approximate surface area is 308 Å². The Hall–Kier alpha value is -5.48. The summed E-state index contributed by atoms with van der Waals surface area (Å²) in [5.41, 5.74) is 19.1. The van der Waals surface area contributed by atoms with Crippen LogP contribution in [0.3, 0.4) is 0 Å². The van der Waals surface area contributed by atoms with Crippen LogP contribution < -0.4 is 26.2 Å². The van der Waals surface area contributed by atoms with Gasteiger partial charge < -0.3 is 14.2 Å². The van der Waals surface area contributed by atoms with Crippen LogP contribution in [-0.4, -0.2) is 6.71 Å². The highest BCUT2D eigenvalue weighted by Crippen LogP contribution is 2.50. The molecule has 0 saturated heterocycles. The number of allylic oxidation sites excluding steroid dienone is 3. The highest BCUT2D eigenvalue weighted by molar-refractivity contribution is 7.01. The molecule has 5 aromatic carbocycles. The van der Waals surface area contributed by atoms with Gasteiger partial charge in [-0.3, -0.25) is 0 Å². The van der Waals surface area contributed by atoms with Gasteiger partial charge in [-0.15, -0.1) is 0 Å². The zero-order chi connectivity index (χ0) is 35.7. The molecule has 0 radical (unpaired) electrons. The van der Waals surface area contributed by atoms with Gasteiger partial charge in [0.25, 0.3) is 6.71 Å². The molecule has 0 bridgehead atoms. The van der Waals surface area contributed by atoms with Crippen molar-refractivity contribution in [3.8, 4) is 11.3 Å². The lowest BCUT2D eigenvalue weighted by Crippen LogP contribution is -2.55. The summed E-state index contributed by atoms with van der Waals surface area (Å²) in [5.74, 6) is 2.41. The topological polar surface area (TPSA) is 19.6 Å². The molecule has 3 nitrogen and oxygen atoms in total. The van der Waals surface area contributed by atoms with Crippen LogP contribution in [0.5, 0.6) is 0 Å². The standard InChI is InChI=1S/C48H43BN2O/c1-29-25-38-44-41(26-29)51(33-11-9-8-10-12-33)40-23-22-36(28-39(40)49(44)45-43-37-27-30(37)13-24-42(43)52-46(38)45)50(34-18-14-31(15-19-34)47(2,3)4)35-20-16-32(17-21-35)48(5,6)7/h8-28,37H,1-7H3/t37-/m1/s1. The molecule has 52 heavy (non-hydrogen) atoms. The molecule has 0 fully saturated rings. The fourth-order valence-corrected chi connectivity index (χ4v) is 8.81. The number of para-hydroxylation sites is 1. The summed E-state index contributed by atoms with van der Waals surface area (Å²) in [4.78, 5) is 4.91. The molecule has 1 aromatic heterocycles. The van der Waals surface area contributed by atoms with E-state index in [1.807, 2.05) is 0 Å². The van der Waals surface area contributed by atoms with E-state index in [9.17, 15) is 0 Å². The molecule has 0 unspecified atom stereocenters. The maximum absolute atomic E-state index is 6.84. The molecular weight excluding hydrogens is 631 g/mol. The highest BCUT2D eigenvalue weighted by Gasteiger charge is 2.49. The minimum atomic E-state index is 0.0677. The third-order valence-corrected chi connectivity index (χ3v) is 11.5. The third-order valence-electron chi connectivity index (χ3n) is 11.5. The Morgan fingerprint density at radius 1 is 0.654 bits per heavy atom. The molecule has 2 aliphatic heterocycles. The van der Waals surface area contributed by atoms with E-state index >= 15 is 0 Å². The first-order chi connectivity index (χ1) is 25.0. The molecule has 0 N–H and O–H groups in total. The lowest BCUT2D eigenvalue weighted by atomic mass is 9.36. The van der Waals surface area contributed by atoms with E-state index in [1.54, 1.807) is 0 Å². The molecule has 1 atom stereocenters. The first-order valence-corrected chi connectivity index (χ1v) is 18.7. The van der Waals surface area contributed by atoms with Crippen molar-refractivity contribution < 1.29 is 4.42 Å². The van der Waals surface area contributed by atoms with Crippen molar-refractivity contribution in [1.82, 2.24) is 0 Å². The summed E-state index contributed by atoms with van der Waals surface area (Å²) in [6, 6.07) is 41.0. The predicted octanol–water partition coefficient (Wildman–Crippen LogP) is 11.0. The summed E-state index contributed by atoms with van der Waals surface area (Å²) in [7, 11) is 0. The maximum atomic E-state index is 6.84. The van der Waals surface area contributed by atoms with Gasteiger partial charge in [-0.25, -0.2) is 0 Å². The average molecular weight is 675 g/mol. The number of benzene rings is 5. The molecule has 0 saturated carbocycles. The number of anilines is 6. The normalized spacial score (nSPS) is 16.1. The molecule has 0 amide bonds.